The molecule has 3 heterocycles. The highest BCUT2D eigenvalue weighted by molar-refractivity contribution is 7.10. The number of hydrogen-bond donors (Lipinski definition) is 1. The standard InChI is InChI=1S/C19H22N2O3S/c22-19(15-3-4-16-17(12-15)24-13-23-16)20-7-10-21-8-5-14(6-9-21)18-2-1-11-25-18/h1-4,11-12,14H,5-10,13H2,(H,20,22). The number of hydrogen-bond acceptors (Lipinski definition) is 5. The second-order valence-corrected chi connectivity index (χ2v) is 7.43. The van der Waals surface area contributed by atoms with Crippen LogP contribution in [0.15, 0.2) is 35.7 Å². The predicted octanol–water partition coefficient (Wildman–Crippen LogP) is 3.09. The van der Waals surface area contributed by atoms with Crippen molar-refractivity contribution in [2.45, 2.75) is 18.8 Å². The van der Waals surface area contributed by atoms with E-state index in [1.807, 2.05) is 11.3 Å². The van der Waals surface area contributed by atoms with Crippen molar-refractivity contribution in [3.63, 3.8) is 0 Å². The molecule has 2 aromatic rings. The van der Waals surface area contributed by atoms with Crippen LogP contribution in [0.2, 0.25) is 0 Å². The number of benzene rings is 1. The normalized spacial score (nSPS) is 17.6. The highest BCUT2D eigenvalue weighted by Gasteiger charge is 2.21. The first kappa shape index (κ1) is 16.4. The number of ether oxygens (including phenoxy) is 2. The van der Waals surface area contributed by atoms with Gasteiger partial charge in [-0.1, -0.05) is 6.07 Å². The van der Waals surface area contributed by atoms with Gasteiger partial charge in [0.1, 0.15) is 0 Å². The van der Waals surface area contributed by atoms with Gasteiger partial charge in [-0.2, -0.15) is 0 Å². The smallest absolute Gasteiger partial charge is 0.251 e. The minimum absolute atomic E-state index is 0.0632. The number of carbonyl (C=O) groups is 1. The maximum Gasteiger partial charge on any atom is 0.251 e. The molecule has 25 heavy (non-hydrogen) atoms. The first-order valence-electron chi connectivity index (χ1n) is 8.73. The molecule has 1 N–H and O–H groups in total. The van der Waals surface area contributed by atoms with Crippen LogP contribution in [0.25, 0.3) is 0 Å². The number of thiophene rings is 1. The van der Waals surface area contributed by atoms with Crippen LogP contribution in [-0.2, 0) is 0 Å². The Morgan fingerprint density at radius 1 is 1.20 bits per heavy atom. The quantitative estimate of drug-likeness (QED) is 0.892. The van der Waals surface area contributed by atoms with Crippen LogP contribution in [0.3, 0.4) is 0 Å². The van der Waals surface area contributed by atoms with Crippen LogP contribution in [0.4, 0.5) is 0 Å². The van der Waals surface area contributed by atoms with Gasteiger partial charge in [-0.15, -0.1) is 11.3 Å². The average Bonchev–Trinajstić information content (AvgIpc) is 3.33. The van der Waals surface area contributed by atoms with Gasteiger partial charge in [0.2, 0.25) is 6.79 Å². The summed E-state index contributed by atoms with van der Waals surface area (Å²) in [7, 11) is 0. The lowest BCUT2D eigenvalue weighted by Gasteiger charge is -2.31. The lowest BCUT2D eigenvalue weighted by atomic mass is 9.95. The molecule has 2 aliphatic heterocycles. The summed E-state index contributed by atoms with van der Waals surface area (Å²) in [5.41, 5.74) is 0.612. The Morgan fingerprint density at radius 2 is 2.04 bits per heavy atom. The van der Waals surface area contributed by atoms with Crippen molar-refractivity contribution in [2.75, 3.05) is 33.0 Å². The van der Waals surface area contributed by atoms with E-state index in [2.05, 4.69) is 27.7 Å². The van der Waals surface area contributed by atoms with E-state index in [9.17, 15) is 4.79 Å². The molecule has 0 aliphatic carbocycles. The Hall–Kier alpha value is -2.05. The van der Waals surface area contributed by atoms with Crippen molar-refractivity contribution < 1.29 is 14.3 Å². The van der Waals surface area contributed by atoms with Gasteiger partial charge in [0.05, 0.1) is 0 Å². The van der Waals surface area contributed by atoms with Crippen LogP contribution in [0.1, 0.15) is 34.0 Å². The molecule has 1 saturated heterocycles. The summed E-state index contributed by atoms with van der Waals surface area (Å²) in [5, 5.41) is 5.16. The van der Waals surface area contributed by atoms with Gasteiger partial charge >= 0.3 is 0 Å². The Labute approximate surface area is 151 Å². The molecule has 0 spiro atoms. The van der Waals surface area contributed by atoms with E-state index in [0.717, 1.165) is 19.6 Å². The van der Waals surface area contributed by atoms with E-state index >= 15 is 0 Å². The molecule has 0 atom stereocenters. The molecule has 0 saturated carbocycles. The second-order valence-electron chi connectivity index (χ2n) is 6.46. The van der Waals surface area contributed by atoms with Crippen molar-refractivity contribution in [1.82, 2.24) is 10.2 Å². The van der Waals surface area contributed by atoms with Crippen molar-refractivity contribution in [1.29, 1.82) is 0 Å². The summed E-state index contributed by atoms with van der Waals surface area (Å²) in [6.07, 6.45) is 2.41. The highest BCUT2D eigenvalue weighted by atomic mass is 32.1. The van der Waals surface area contributed by atoms with Gasteiger partial charge in [0.15, 0.2) is 11.5 Å². The molecule has 2 aliphatic rings. The summed E-state index contributed by atoms with van der Waals surface area (Å²) in [6, 6.07) is 9.68. The average molecular weight is 358 g/mol. The number of carbonyl (C=O) groups excluding carboxylic acids is 1. The Bertz CT molecular complexity index is 724. The van der Waals surface area contributed by atoms with Crippen LogP contribution in [-0.4, -0.2) is 43.8 Å². The topological polar surface area (TPSA) is 50.8 Å². The molecular formula is C19H22N2O3S. The molecule has 6 heteroatoms. The first-order valence-corrected chi connectivity index (χ1v) is 9.61. The summed E-state index contributed by atoms with van der Waals surface area (Å²) in [5.74, 6) is 1.99. The van der Waals surface area contributed by atoms with Gasteiger partial charge < -0.3 is 19.7 Å². The molecule has 1 aromatic heterocycles. The molecule has 1 fully saturated rings. The zero-order valence-corrected chi connectivity index (χ0v) is 14.9. The summed E-state index contributed by atoms with van der Waals surface area (Å²) in [6.45, 7) is 3.98. The number of piperidine rings is 1. The minimum Gasteiger partial charge on any atom is -0.454 e. The van der Waals surface area contributed by atoms with Crippen molar-refractivity contribution >= 4 is 17.2 Å². The lowest BCUT2D eigenvalue weighted by Crippen LogP contribution is -2.39. The molecule has 1 amide bonds. The SMILES string of the molecule is O=C(NCCN1CCC(c2cccs2)CC1)c1ccc2c(c1)OCO2. The fourth-order valence-corrected chi connectivity index (χ4v) is 4.33. The van der Waals surface area contributed by atoms with E-state index in [4.69, 9.17) is 9.47 Å². The predicted molar refractivity (Wildman–Crippen MR) is 97.6 cm³/mol. The van der Waals surface area contributed by atoms with Crippen molar-refractivity contribution in [3.05, 3.63) is 46.2 Å². The zero-order chi connectivity index (χ0) is 17.1. The fourth-order valence-electron chi connectivity index (χ4n) is 3.43. The molecular weight excluding hydrogens is 336 g/mol. The van der Waals surface area contributed by atoms with Crippen LogP contribution in [0, 0.1) is 0 Å². The van der Waals surface area contributed by atoms with Gasteiger partial charge in [-0.25, -0.2) is 0 Å². The number of rotatable bonds is 5. The third-order valence-electron chi connectivity index (χ3n) is 4.88. The summed E-state index contributed by atoms with van der Waals surface area (Å²) in [4.78, 5) is 16.2. The lowest BCUT2D eigenvalue weighted by molar-refractivity contribution is 0.0945. The monoisotopic (exact) mass is 358 g/mol. The Balaban J connectivity index is 1.21. The van der Waals surface area contributed by atoms with Gasteiger partial charge in [0.25, 0.3) is 5.91 Å². The minimum atomic E-state index is -0.0632. The van der Waals surface area contributed by atoms with E-state index in [-0.39, 0.29) is 12.7 Å². The largest absolute Gasteiger partial charge is 0.454 e. The molecule has 132 valence electrons. The first-order chi connectivity index (χ1) is 12.3. The van der Waals surface area contributed by atoms with E-state index in [1.165, 1.54) is 17.7 Å². The maximum absolute atomic E-state index is 12.3. The molecule has 0 radical (unpaired) electrons. The molecule has 0 unspecified atom stereocenters. The maximum atomic E-state index is 12.3. The summed E-state index contributed by atoms with van der Waals surface area (Å²) < 4.78 is 10.6. The second kappa shape index (κ2) is 7.45. The summed E-state index contributed by atoms with van der Waals surface area (Å²) >= 11 is 1.86. The third kappa shape index (κ3) is 3.80. The number of fused-ring (bicyclic) bond motifs is 1. The molecule has 1 aromatic carbocycles. The van der Waals surface area contributed by atoms with Crippen LogP contribution >= 0.6 is 11.3 Å². The van der Waals surface area contributed by atoms with E-state index in [0.29, 0.717) is 29.5 Å². The molecule has 4 rings (SSSR count). The van der Waals surface area contributed by atoms with Gasteiger partial charge in [-0.05, 0) is 61.5 Å². The van der Waals surface area contributed by atoms with Gasteiger partial charge in [-0.3, -0.25) is 4.79 Å². The Kier molecular flexibility index (Phi) is 4.90. The van der Waals surface area contributed by atoms with E-state index in [1.54, 1.807) is 18.2 Å². The highest BCUT2D eigenvalue weighted by Crippen LogP contribution is 2.32. The number of nitrogens with one attached hydrogen (secondary N) is 1. The fraction of sp³-hybridized carbons (Fsp3) is 0.421. The zero-order valence-electron chi connectivity index (χ0n) is 14.1. The molecule has 0 bridgehead atoms. The van der Waals surface area contributed by atoms with E-state index < -0.39 is 0 Å². The Morgan fingerprint density at radius 3 is 2.84 bits per heavy atom. The molecule has 5 nitrogen and oxygen atoms in total. The third-order valence-corrected chi connectivity index (χ3v) is 5.92. The van der Waals surface area contributed by atoms with Crippen molar-refractivity contribution in [2.24, 2.45) is 0 Å². The van der Waals surface area contributed by atoms with Crippen molar-refractivity contribution in [3.8, 4) is 11.5 Å². The van der Waals surface area contributed by atoms with Crippen LogP contribution in [0.5, 0.6) is 11.5 Å². The number of likely N-dealkylation sites (tertiary alicyclic amines) is 1. The number of nitrogens with zero attached hydrogens (tertiary/aromatic N) is 1. The van der Waals surface area contributed by atoms with Crippen LogP contribution < -0.4 is 14.8 Å². The number of amides is 1. The van der Waals surface area contributed by atoms with Gasteiger partial charge in [0, 0.05) is 23.5 Å².